The zero-order valence-electron chi connectivity index (χ0n) is 20.2. The lowest BCUT2D eigenvalue weighted by atomic mass is 10.0. The van der Waals surface area contributed by atoms with E-state index in [9.17, 15) is 18.4 Å². The smallest absolute Gasteiger partial charge is 0.449 e. The lowest BCUT2D eigenvalue weighted by Gasteiger charge is -2.27. The van der Waals surface area contributed by atoms with Gasteiger partial charge < -0.3 is 20.1 Å². The summed E-state index contributed by atoms with van der Waals surface area (Å²) in [5.74, 6) is -1.08. The van der Waals surface area contributed by atoms with E-state index in [2.05, 4.69) is 15.5 Å². The molecule has 2 N–H and O–H groups in total. The van der Waals surface area contributed by atoms with E-state index in [0.29, 0.717) is 54.7 Å². The van der Waals surface area contributed by atoms with Crippen molar-refractivity contribution in [2.75, 3.05) is 11.4 Å². The fourth-order valence-electron chi connectivity index (χ4n) is 5.46. The van der Waals surface area contributed by atoms with Crippen LogP contribution >= 0.6 is 0 Å². The number of hydrogen-bond acceptors (Lipinski definition) is 6. The van der Waals surface area contributed by atoms with Crippen molar-refractivity contribution in [2.45, 2.75) is 44.3 Å². The van der Waals surface area contributed by atoms with Gasteiger partial charge >= 0.3 is 6.16 Å². The number of aryl methyl sites for hydroxylation is 1. The molecule has 38 heavy (non-hydrogen) atoms. The molecule has 0 spiro atoms. The second-order valence-corrected chi connectivity index (χ2v) is 9.50. The van der Waals surface area contributed by atoms with Crippen molar-refractivity contribution in [1.82, 2.24) is 24.7 Å². The van der Waals surface area contributed by atoms with Gasteiger partial charge in [0.1, 0.15) is 11.6 Å². The van der Waals surface area contributed by atoms with Gasteiger partial charge in [0.15, 0.2) is 5.75 Å². The molecule has 6 rings (SSSR count). The molecule has 12 heteroatoms. The van der Waals surface area contributed by atoms with Gasteiger partial charge in [-0.1, -0.05) is 0 Å². The quantitative estimate of drug-likeness (QED) is 0.382. The van der Waals surface area contributed by atoms with Crippen LogP contribution in [0.15, 0.2) is 48.9 Å². The second kappa shape index (κ2) is 9.43. The topological polar surface area (TPSA) is 114 Å². The number of benzene rings is 1. The van der Waals surface area contributed by atoms with Crippen LogP contribution < -0.4 is 15.0 Å². The maximum atomic E-state index is 14.6. The molecule has 4 aromatic rings. The van der Waals surface area contributed by atoms with Crippen molar-refractivity contribution in [3.05, 3.63) is 77.4 Å². The summed E-state index contributed by atoms with van der Waals surface area (Å²) in [5.41, 5.74) is 2.67. The summed E-state index contributed by atoms with van der Waals surface area (Å²) < 4.78 is 36.5. The average Bonchev–Trinajstić information content (AvgIpc) is 3.63. The van der Waals surface area contributed by atoms with Crippen molar-refractivity contribution < 1.29 is 28.2 Å². The minimum absolute atomic E-state index is 0.159. The van der Waals surface area contributed by atoms with Crippen LogP contribution in [-0.2, 0) is 13.0 Å². The Kier molecular flexibility index (Phi) is 5.93. The summed E-state index contributed by atoms with van der Waals surface area (Å²) in [6.45, 7) is 1.18. The van der Waals surface area contributed by atoms with Crippen LogP contribution in [0.3, 0.4) is 0 Å². The lowest BCUT2D eigenvalue weighted by Crippen LogP contribution is -2.40. The number of rotatable bonds is 5. The molecule has 1 amide bonds. The summed E-state index contributed by atoms with van der Waals surface area (Å²) in [4.78, 5) is 26.3. The number of nitrogens with one attached hydrogen (secondary N) is 1. The molecule has 1 aromatic carbocycles. The van der Waals surface area contributed by atoms with Crippen LogP contribution in [0.5, 0.6) is 5.75 Å². The minimum atomic E-state index is -1.42. The van der Waals surface area contributed by atoms with E-state index >= 15 is 0 Å². The zero-order chi connectivity index (χ0) is 26.4. The monoisotopic (exact) mass is 522 g/mol. The van der Waals surface area contributed by atoms with Crippen molar-refractivity contribution in [3.8, 4) is 5.75 Å². The van der Waals surface area contributed by atoms with Crippen LogP contribution in [0.25, 0.3) is 5.52 Å². The number of amides is 1. The summed E-state index contributed by atoms with van der Waals surface area (Å²) in [6.07, 6.45) is 5.67. The fraction of sp³-hybridized carbons (Fsp3) is 0.308. The molecule has 5 heterocycles. The normalized spacial score (nSPS) is 18.9. The van der Waals surface area contributed by atoms with Gasteiger partial charge in [-0.3, -0.25) is 9.48 Å². The van der Waals surface area contributed by atoms with Crippen LogP contribution in [0.2, 0.25) is 0 Å². The van der Waals surface area contributed by atoms with E-state index in [0.717, 1.165) is 24.2 Å². The standard InChI is InChI=1S/C26H24F2N6O4/c27-15-3-4-20(28)18(10-15)21-2-1-7-32(21)17-6-9-33-22(12-17)19(13-29-33)25(35)31-16-5-8-34-23(11-16)24(14-30-34)38-26(36)37/h3-4,6,9-10,12-14,16,21H,1-2,5,7-8,11H2,(H,31,35)(H,36,37)/t16?,21-/m1/s1. The highest BCUT2D eigenvalue weighted by atomic mass is 19.1. The SMILES string of the molecule is O=C(O)Oc1cnn2c1CC(NC(=O)c1cnn3ccc(N4CCC[C@@H]4c4cc(F)ccc4F)cc13)CC2. The van der Waals surface area contributed by atoms with E-state index in [4.69, 9.17) is 9.84 Å². The van der Waals surface area contributed by atoms with Gasteiger partial charge in [0, 0.05) is 43.0 Å². The average molecular weight is 523 g/mol. The van der Waals surface area contributed by atoms with E-state index in [1.165, 1.54) is 18.5 Å². The Morgan fingerprint density at radius 3 is 2.79 bits per heavy atom. The van der Waals surface area contributed by atoms with Crippen LogP contribution in [0.1, 0.15) is 46.9 Å². The van der Waals surface area contributed by atoms with E-state index in [1.54, 1.807) is 15.4 Å². The number of ether oxygens (including phenoxy) is 1. The molecular formula is C26H24F2N6O4. The zero-order valence-corrected chi connectivity index (χ0v) is 20.2. The van der Waals surface area contributed by atoms with Crippen molar-refractivity contribution in [2.24, 2.45) is 0 Å². The molecule has 196 valence electrons. The number of hydrogen-bond donors (Lipinski definition) is 2. The number of carboxylic acid groups (broad SMARTS) is 1. The highest BCUT2D eigenvalue weighted by Crippen LogP contribution is 2.38. The minimum Gasteiger partial charge on any atom is -0.449 e. The number of nitrogens with zero attached hydrogens (tertiary/aromatic N) is 5. The number of aromatic nitrogens is 4. The first kappa shape index (κ1) is 23.9. The summed E-state index contributed by atoms with van der Waals surface area (Å²) in [5, 5.41) is 20.4. The molecule has 3 aromatic heterocycles. The van der Waals surface area contributed by atoms with Crippen molar-refractivity contribution in [1.29, 1.82) is 0 Å². The second-order valence-electron chi connectivity index (χ2n) is 9.50. The van der Waals surface area contributed by atoms with Crippen molar-refractivity contribution >= 4 is 23.3 Å². The molecule has 2 aliphatic heterocycles. The van der Waals surface area contributed by atoms with E-state index < -0.39 is 17.8 Å². The largest absolute Gasteiger partial charge is 0.511 e. The molecule has 2 atom stereocenters. The third kappa shape index (κ3) is 4.31. The van der Waals surface area contributed by atoms with Gasteiger partial charge in [-0.2, -0.15) is 10.2 Å². The molecule has 0 aliphatic carbocycles. The maximum absolute atomic E-state index is 14.6. The number of fused-ring (bicyclic) bond motifs is 2. The van der Waals surface area contributed by atoms with Gasteiger partial charge in [-0.05, 0) is 49.6 Å². The molecule has 1 unspecified atom stereocenters. The first-order valence-corrected chi connectivity index (χ1v) is 12.3. The lowest BCUT2D eigenvalue weighted by molar-refractivity contribution is 0.0930. The Bertz CT molecular complexity index is 1550. The maximum Gasteiger partial charge on any atom is 0.511 e. The van der Waals surface area contributed by atoms with E-state index in [1.807, 2.05) is 17.0 Å². The number of anilines is 1. The highest BCUT2D eigenvalue weighted by molar-refractivity contribution is 6.01. The summed E-state index contributed by atoms with van der Waals surface area (Å²) >= 11 is 0. The fourth-order valence-corrected chi connectivity index (χ4v) is 5.46. The van der Waals surface area contributed by atoms with Gasteiger partial charge in [0.25, 0.3) is 5.91 Å². The molecular weight excluding hydrogens is 498 g/mol. The predicted molar refractivity (Wildman–Crippen MR) is 131 cm³/mol. The molecule has 10 nitrogen and oxygen atoms in total. The first-order valence-electron chi connectivity index (χ1n) is 12.3. The first-order chi connectivity index (χ1) is 18.4. The summed E-state index contributed by atoms with van der Waals surface area (Å²) in [6, 6.07) is 6.63. The summed E-state index contributed by atoms with van der Waals surface area (Å²) in [7, 11) is 0. The Morgan fingerprint density at radius 1 is 1.08 bits per heavy atom. The Labute approximate surface area is 215 Å². The van der Waals surface area contributed by atoms with Gasteiger partial charge in [0.2, 0.25) is 0 Å². The van der Waals surface area contributed by atoms with Crippen LogP contribution in [-0.4, -0.2) is 49.2 Å². The van der Waals surface area contributed by atoms with Crippen molar-refractivity contribution in [3.63, 3.8) is 0 Å². The van der Waals surface area contributed by atoms with Gasteiger partial charge in [-0.15, -0.1) is 0 Å². The van der Waals surface area contributed by atoms with Gasteiger partial charge in [-0.25, -0.2) is 18.1 Å². The molecule has 0 radical (unpaired) electrons. The Hall–Kier alpha value is -4.48. The molecule has 0 bridgehead atoms. The molecule has 0 saturated carbocycles. The Morgan fingerprint density at radius 2 is 1.95 bits per heavy atom. The molecule has 1 fully saturated rings. The Balaban J connectivity index is 1.24. The third-order valence-electron chi connectivity index (χ3n) is 7.22. The third-order valence-corrected chi connectivity index (χ3v) is 7.22. The van der Waals surface area contributed by atoms with E-state index in [-0.39, 0.29) is 23.7 Å². The predicted octanol–water partition coefficient (Wildman–Crippen LogP) is 3.95. The number of carbonyl (C=O) groups is 2. The number of halogens is 2. The highest BCUT2D eigenvalue weighted by Gasteiger charge is 2.30. The van der Waals surface area contributed by atoms with Crippen LogP contribution in [0.4, 0.5) is 19.3 Å². The number of pyridine rings is 1. The number of carbonyl (C=O) groups excluding carboxylic acids is 1. The van der Waals surface area contributed by atoms with Gasteiger partial charge in [0.05, 0.1) is 35.2 Å². The van der Waals surface area contributed by atoms with Crippen LogP contribution in [0, 0.1) is 11.6 Å². The molecule has 2 aliphatic rings. The molecule has 1 saturated heterocycles.